The second-order valence-corrected chi connectivity index (χ2v) is 4.79. The second kappa shape index (κ2) is 7.24. The molecule has 112 valence electrons. The van der Waals surface area contributed by atoms with Crippen LogP contribution in [0.2, 0.25) is 5.02 Å². The Hall–Kier alpha value is -1.85. The van der Waals surface area contributed by atoms with Gasteiger partial charge in [0.25, 0.3) is 0 Å². The fraction of sp³-hybridized carbons (Fsp3) is 0.333. The highest BCUT2D eigenvalue weighted by Crippen LogP contribution is 2.29. The molecular weight excluding hydrogens is 290 g/mol. The van der Waals surface area contributed by atoms with Crippen molar-refractivity contribution in [2.45, 2.75) is 13.0 Å². The number of rotatable bonds is 6. The zero-order chi connectivity index (χ0) is 15.2. The van der Waals surface area contributed by atoms with Crippen molar-refractivity contribution in [1.82, 2.24) is 15.3 Å². The third kappa shape index (κ3) is 3.62. The highest BCUT2D eigenvalue weighted by atomic mass is 35.5. The summed E-state index contributed by atoms with van der Waals surface area (Å²) >= 11 is 6.08. The van der Waals surface area contributed by atoms with Gasteiger partial charge in [0.05, 0.1) is 26.5 Å². The molecule has 6 heteroatoms. The van der Waals surface area contributed by atoms with Gasteiger partial charge in [0.1, 0.15) is 5.69 Å². The van der Waals surface area contributed by atoms with Crippen molar-refractivity contribution in [3.05, 3.63) is 46.7 Å². The second-order valence-electron chi connectivity index (χ2n) is 4.35. The monoisotopic (exact) mass is 307 g/mol. The Bertz CT molecular complexity index is 607. The largest absolute Gasteiger partial charge is 0.480 e. The van der Waals surface area contributed by atoms with Crippen LogP contribution in [0.4, 0.5) is 0 Å². The molecule has 0 spiro atoms. The zero-order valence-electron chi connectivity index (χ0n) is 12.3. The molecule has 5 nitrogen and oxygen atoms in total. The van der Waals surface area contributed by atoms with Gasteiger partial charge in [0, 0.05) is 5.02 Å². The van der Waals surface area contributed by atoms with E-state index in [1.54, 1.807) is 20.4 Å². The highest BCUT2D eigenvalue weighted by molar-refractivity contribution is 6.30. The average molecular weight is 308 g/mol. The summed E-state index contributed by atoms with van der Waals surface area (Å²) in [5.41, 5.74) is 1.70. The van der Waals surface area contributed by atoms with Gasteiger partial charge in [-0.25, -0.2) is 4.98 Å². The third-order valence-electron chi connectivity index (χ3n) is 3.01. The number of nitrogens with one attached hydrogen (secondary N) is 1. The molecular formula is C15H18ClN3O2. The van der Waals surface area contributed by atoms with Gasteiger partial charge < -0.3 is 14.8 Å². The standard InChI is InChI=1S/C15H18ClN3O2/c1-4-17-13(10-6-5-7-11(16)8-10)14-15(21-3)19-12(20-2)9-18-14/h5-9,13,17H,4H2,1-3H3. The topological polar surface area (TPSA) is 56.3 Å². The van der Waals surface area contributed by atoms with Crippen molar-refractivity contribution >= 4 is 11.6 Å². The molecule has 0 fully saturated rings. The molecule has 1 atom stereocenters. The van der Waals surface area contributed by atoms with Gasteiger partial charge in [-0.1, -0.05) is 30.7 Å². The van der Waals surface area contributed by atoms with Crippen molar-refractivity contribution < 1.29 is 9.47 Å². The number of ether oxygens (including phenoxy) is 2. The summed E-state index contributed by atoms with van der Waals surface area (Å²) in [4.78, 5) is 8.71. The van der Waals surface area contributed by atoms with E-state index < -0.39 is 0 Å². The lowest BCUT2D eigenvalue weighted by atomic mass is 10.0. The van der Waals surface area contributed by atoms with Crippen LogP contribution in [-0.2, 0) is 0 Å². The fourth-order valence-electron chi connectivity index (χ4n) is 2.08. The van der Waals surface area contributed by atoms with Gasteiger partial charge in [-0.2, -0.15) is 4.98 Å². The Balaban J connectivity index is 2.47. The van der Waals surface area contributed by atoms with E-state index in [4.69, 9.17) is 21.1 Å². The van der Waals surface area contributed by atoms with Crippen molar-refractivity contribution in [1.29, 1.82) is 0 Å². The minimum absolute atomic E-state index is 0.151. The lowest BCUT2D eigenvalue weighted by Crippen LogP contribution is -2.24. The summed E-state index contributed by atoms with van der Waals surface area (Å²) in [7, 11) is 3.11. The van der Waals surface area contributed by atoms with Crippen LogP contribution in [0.25, 0.3) is 0 Å². The van der Waals surface area contributed by atoms with E-state index in [1.807, 2.05) is 31.2 Å². The predicted octanol–water partition coefficient (Wildman–Crippen LogP) is 2.85. The number of methoxy groups -OCH3 is 2. The van der Waals surface area contributed by atoms with Crippen LogP contribution in [0.5, 0.6) is 11.8 Å². The molecule has 0 amide bonds. The molecule has 1 aromatic carbocycles. The first-order chi connectivity index (χ1) is 10.2. The van der Waals surface area contributed by atoms with Crippen molar-refractivity contribution in [3.8, 4) is 11.8 Å². The summed E-state index contributed by atoms with van der Waals surface area (Å²) in [5, 5.41) is 4.05. The smallest absolute Gasteiger partial charge is 0.240 e. The molecule has 0 radical (unpaired) electrons. The Morgan fingerprint density at radius 3 is 2.71 bits per heavy atom. The molecule has 2 rings (SSSR count). The van der Waals surface area contributed by atoms with Crippen LogP contribution in [0.1, 0.15) is 24.2 Å². The molecule has 0 aliphatic carbocycles. The van der Waals surface area contributed by atoms with Gasteiger partial charge in [-0.3, -0.25) is 0 Å². The summed E-state index contributed by atoms with van der Waals surface area (Å²) in [5.74, 6) is 0.845. The molecule has 0 bridgehead atoms. The number of hydrogen-bond donors (Lipinski definition) is 1. The Morgan fingerprint density at radius 2 is 2.10 bits per heavy atom. The van der Waals surface area contributed by atoms with E-state index in [-0.39, 0.29) is 6.04 Å². The lowest BCUT2D eigenvalue weighted by Gasteiger charge is -2.20. The molecule has 0 saturated heterocycles. The van der Waals surface area contributed by atoms with Crippen molar-refractivity contribution in [3.63, 3.8) is 0 Å². The lowest BCUT2D eigenvalue weighted by molar-refractivity contribution is 0.352. The molecule has 21 heavy (non-hydrogen) atoms. The molecule has 1 N–H and O–H groups in total. The summed E-state index contributed by atoms with van der Waals surface area (Å²) in [6.07, 6.45) is 1.58. The van der Waals surface area contributed by atoms with E-state index in [2.05, 4.69) is 15.3 Å². The van der Waals surface area contributed by atoms with Crippen molar-refractivity contribution in [2.24, 2.45) is 0 Å². The van der Waals surface area contributed by atoms with E-state index >= 15 is 0 Å². The highest BCUT2D eigenvalue weighted by Gasteiger charge is 2.21. The van der Waals surface area contributed by atoms with E-state index in [9.17, 15) is 0 Å². The van der Waals surface area contributed by atoms with E-state index in [0.29, 0.717) is 22.5 Å². The maximum atomic E-state index is 6.08. The molecule has 1 unspecified atom stereocenters. The third-order valence-corrected chi connectivity index (χ3v) is 3.25. The predicted molar refractivity (Wildman–Crippen MR) is 82.1 cm³/mol. The first kappa shape index (κ1) is 15.5. The van der Waals surface area contributed by atoms with Crippen LogP contribution in [0, 0.1) is 0 Å². The Kier molecular flexibility index (Phi) is 5.36. The average Bonchev–Trinajstić information content (AvgIpc) is 2.52. The summed E-state index contributed by atoms with van der Waals surface area (Å²) in [6, 6.07) is 7.49. The van der Waals surface area contributed by atoms with Gasteiger partial charge in [0.15, 0.2) is 0 Å². The minimum atomic E-state index is -0.151. The van der Waals surface area contributed by atoms with Crippen molar-refractivity contribution in [2.75, 3.05) is 20.8 Å². The molecule has 2 aromatic rings. The van der Waals surface area contributed by atoms with Crippen LogP contribution < -0.4 is 14.8 Å². The molecule has 0 saturated carbocycles. The number of benzene rings is 1. The molecule has 1 heterocycles. The Labute approximate surface area is 129 Å². The maximum Gasteiger partial charge on any atom is 0.240 e. The van der Waals surface area contributed by atoms with Gasteiger partial charge in [-0.15, -0.1) is 0 Å². The maximum absolute atomic E-state index is 6.08. The number of aromatic nitrogens is 2. The van der Waals surface area contributed by atoms with Gasteiger partial charge >= 0.3 is 0 Å². The summed E-state index contributed by atoms with van der Waals surface area (Å²) in [6.45, 7) is 2.80. The van der Waals surface area contributed by atoms with Crippen LogP contribution >= 0.6 is 11.6 Å². The van der Waals surface area contributed by atoms with Crippen LogP contribution in [0.3, 0.4) is 0 Å². The first-order valence-electron chi connectivity index (χ1n) is 6.63. The molecule has 0 aliphatic rings. The SMILES string of the molecule is CCNC(c1cccc(Cl)c1)c1ncc(OC)nc1OC. The quantitative estimate of drug-likeness (QED) is 0.889. The van der Waals surface area contributed by atoms with Gasteiger partial charge in [-0.05, 0) is 24.2 Å². The van der Waals surface area contributed by atoms with Gasteiger partial charge in [0.2, 0.25) is 11.8 Å². The van der Waals surface area contributed by atoms with E-state index in [1.165, 1.54) is 0 Å². The fourth-order valence-corrected chi connectivity index (χ4v) is 2.27. The zero-order valence-corrected chi connectivity index (χ0v) is 13.0. The molecule has 0 aliphatic heterocycles. The number of nitrogens with zero attached hydrogens (tertiary/aromatic N) is 2. The number of halogens is 1. The minimum Gasteiger partial charge on any atom is -0.480 e. The summed E-state index contributed by atoms with van der Waals surface area (Å²) < 4.78 is 10.4. The Morgan fingerprint density at radius 1 is 1.29 bits per heavy atom. The van der Waals surface area contributed by atoms with Crippen LogP contribution in [-0.4, -0.2) is 30.7 Å². The number of hydrogen-bond acceptors (Lipinski definition) is 5. The first-order valence-corrected chi connectivity index (χ1v) is 7.01. The van der Waals surface area contributed by atoms with Crippen LogP contribution in [0.15, 0.2) is 30.5 Å². The molecule has 1 aromatic heterocycles. The normalized spacial score (nSPS) is 12.0. The van der Waals surface area contributed by atoms with E-state index in [0.717, 1.165) is 12.1 Å².